The number of hydrogen-bond donors (Lipinski definition) is 1. The minimum absolute atomic E-state index is 0.0971. The van der Waals surface area contributed by atoms with Crippen molar-refractivity contribution in [2.24, 2.45) is 16.1 Å². The summed E-state index contributed by atoms with van der Waals surface area (Å²) >= 11 is 7.19. The molecular formula is C22H16ClN3O2S. The Balaban J connectivity index is 1.83. The topological polar surface area (TPSA) is 74.9 Å². The lowest BCUT2D eigenvalue weighted by atomic mass is 9.82. The molecule has 1 fully saturated rings. The molecule has 1 N–H and O–H groups in total. The third-order valence-electron chi connectivity index (χ3n) is 4.65. The lowest BCUT2D eigenvalue weighted by molar-refractivity contribution is 0.0952. The van der Waals surface area contributed by atoms with Gasteiger partial charge in [-0.1, -0.05) is 58.9 Å². The summed E-state index contributed by atoms with van der Waals surface area (Å²) < 4.78 is 0. The number of benzene rings is 2. The van der Waals surface area contributed by atoms with Crippen LogP contribution in [0.1, 0.15) is 21.8 Å². The van der Waals surface area contributed by atoms with Gasteiger partial charge in [0.2, 0.25) is 0 Å². The van der Waals surface area contributed by atoms with Gasteiger partial charge in [-0.05, 0) is 42.0 Å². The molecule has 4 rings (SSSR count). The number of aliphatic imine (C=N–C) groups is 1. The second-order valence-electron chi connectivity index (χ2n) is 6.43. The van der Waals surface area contributed by atoms with Crippen LogP contribution in [0, 0.1) is 5.92 Å². The van der Waals surface area contributed by atoms with Crippen molar-refractivity contribution >= 4 is 44.9 Å². The van der Waals surface area contributed by atoms with E-state index in [1.807, 2.05) is 30.3 Å². The smallest absolute Gasteiger partial charge is 0.173 e. The number of hydrogen-bond acceptors (Lipinski definition) is 6. The van der Waals surface area contributed by atoms with E-state index < -0.39 is 11.8 Å². The number of pyridine rings is 1. The van der Waals surface area contributed by atoms with Crippen LogP contribution in [0.3, 0.4) is 0 Å². The number of Topliss-reactive ketones (excluding diaryl/α,β-unsaturated/α-hetero) is 1. The summed E-state index contributed by atoms with van der Waals surface area (Å²) in [6.07, 6.45) is 3.17. The number of ketones is 1. The monoisotopic (exact) mass is 421 g/mol. The summed E-state index contributed by atoms with van der Waals surface area (Å²) in [7, 11) is 0. The first-order valence-electron chi connectivity index (χ1n) is 8.90. The van der Waals surface area contributed by atoms with E-state index >= 15 is 0 Å². The molecule has 144 valence electrons. The zero-order valence-corrected chi connectivity index (χ0v) is 16.7. The van der Waals surface area contributed by atoms with Crippen molar-refractivity contribution < 1.29 is 10.0 Å². The SMILES string of the molecule is O=C(c1ccncc1)C1C(=Nc2ccc(Cl)cc2)SC(=NO)C1c1ccccc1. The quantitative estimate of drug-likeness (QED) is 0.339. The molecule has 0 saturated carbocycles. The number of thioether (sulfide) groups is 1. The number of carbonyl (C=O) groups is 1. The Hall–Kier alpha value is -2.96. The van der Waals surface area contributed by atoms with Gasteiger partial charge in [0.05, 0.1) is 22.6 Å². The van der Waals surface area contributed by atoms with Gasteiger partial charge < -0.3 is 5.21 Å². The van der Waals surface area contributed by atoms with Crippen LogP contribution in [0.2, 0.25) is 5.02 Å². The minimum Gasteiger partial charge on any atom is -0.410 e. The number of halogens is 1. The lowest BCUT2D eigenvalue weighted by Crippen LogP contribution is -2.25. The van der Waals surface area contributed by atoms with Crippen molar-refractivity contribution in [3.05, 3.63) is 95.3 Å². The first-order valence-corrected chi connectivity index (χ1v) is 10.1. The van der Waals surface area contributed by atoms with Crippen LogP contribution in [-0.4, -0.2) is 26.1 Å². The molecule has 2 unspecified atom stereocenters. The van der Waals surface area contributed by atoms with E-state index in [-0.39, 0.29) is 5.78 Å². The van der Waals surface area contributed by atoms with E-state index in [4.69, 9.17) is 16.6 Å². The van der Waals surface area contributed by atoms with Crippen molar-refractivity contribution in [3.63, 3.8) is 0 Å². The van der Waals surface area contributed by atoms with Crippen LogP contribution >= 0.6 is 23.4 Å². The molecule has 3 aromatic rings. The van der Waals surface area contributed by atoms with Gasteiger partial charge in [-0.3, -0.25) is 9.78 Å². The van der Waals surface area contributed by atoms with Gasteiger partial charge in [0, 0.05) is 23.0 Å². The third kappa shape index (κ3) is 4.09. The average Bonchev–Trinajstić information content (AvgIpc) is 3.14. The molecule has 1 aromatic heterocycles. The van der Waals surface area contributed by atoms with Crippen molar-refractivity contribution in [2.45, 2.75) is 5.92 Å². The van der Waals surface area contributed by atoms with E-state index in [1.165, 1.54) is 11.8 Å². The molecule has 0 amide bonds. The molecule has 7 heteroatoms. The van der Waals surface area contributed by atoms with E-state index in [2.05, 4.69) is 10.1 Å². The predicted molar refractivity (Wildman–Crippen MR) is 117 cm³/mol. The molecular weight excluding hydrogens is 406 g/mol. The Bertz CT molecular complexity index is 1070. The Morgan fingerprint density at radius 1 is 0.966 bits per heavy atom. The summed E-state index contributed by atoms with van der Waals surface area (Å²) in [6.45, 7) is 0. The molecule has 5 nitrogen and oxygen atoms in total. The van der Waals surface area contributed by atoms with Crippen molar-refractivity contribution in [3.8, 4) is 0 Å². The van der Waals surface area contributed by atoms with E-state index in [1.54, 1.807) is 48.8 Å². The van der Waals surface area contributed by atoms with E-state index in [9.17, 15) is 10.0 Å². The van der Waals surface area contributed by atoms with Crippen molar-refractivity contribution in [1.82, 2.24) is 4.98 Å². The molecule has 2 aromatic carbocycles. The first kappa shape index (κ1) is 19.4. The molecule has 29 heavy (non-hydrogen) atoms. The number of rotatable bonds is 4. The Labute approximate surface area is 177 Å². The van der Waals surface area contributed by atoms with E-state index in [0.29, 0.717) is 26.4 Å². The molecule has 2 atom stereocenters. The van der Waals surface area contributed by atoms with Gasteiger partial charge in [0.1, 0.15) is 5.04 Å². The highest BCUT2D eigenvalue weighted by molar-refractivity contribution is 8.27. The third-order valence-corrected chi connectivity index (χ3v) is 6.00. The second-order valence-corrected chi connectivity index (χ2v) is 7.91. The van der Waals surface area contributed by atoms with Gasteiger partial charge in [-0.2, -0.15) is 0 Å². The maximum atomic E-state index is 13.5. The Kier molecular flexibility index (Phi) is 5.74. The lowest BCUT2D eigenvalue weighted by Gasteiger charge is -2.18. The highest BCUT2D eigenvalue weighted by atomic mass is 35.5. The van der Waals surface area contributed by atoms with Crippen LogP contribution in [0.15, 0.2) is 89.3 Å². The normalized spacial score (nSPS) is 21.6. The summed E-state index contributed by atoms with van der Waals surface area (Å²) in [5, 5.41) is 14.8. The van der Waals surface area contributed by atoms with Gasteiger partial charge in [0.25, 0.3) is 0 Å². The first-order chi connectivity index (χ1) is 14.2. The van der Waals surface area contributed by atoms with E-state index in [0.717, 1.165) is 5.56 Å². The molecule has 0 aliphatic carbocycles. The largest absolute Gasteiger partial charge is 0.410 e. The van der Waals surface area contributed by atoms with Crippen LogP contribution < -0.4 is 0 Å². The number of nitrogens with zero attached hydrogens (tertiary/aromatic N) is 3. The average molecular weight is 422 g/mol. The predicted octanol–water partition coefficient (Wildman–Crippen LogP) is 5.58. The highest BCUT2D eigenvalue weighted by Gasteiger charge is 2.45. The summed E-state index contributed by atoms with van der Waals surface area (Å²) in [5.74, 6) is -1.12. The molecule has 0 spiro atoms. The fourth-order valence-electron chi connectivity index (χ4n) is 3.29. The summed E-state index contributed by atoms with van der Waals surface area (Å²) in [5.41, 5.74) is 2.10. The summed E-state index contributed by atoms with van der Waals surface area (Å²) in [6, 6.07) is 20.0. The molecule has 1 saturated heterocycles. The highest BCUT2D eigenvalue weighted by Crippen LogP contribution is 2.44. The fourth-order valence-corrected chi connectivity index (χ4v) is 4.59. The zero-order chi connectivity index (χ0) is 20.2. The molecule has 1 aliphatic heterocycles. The molecule has 0 radical (unpaired) electrons. The van der Waals surface area contributed by atoms with Gasteiger partial charge in [-0.15, -0.1) is 0 Å². The van der Waals surface area contributed by atoms with Gasteiger partial charge >= 0.3 is 0 Å². The molecule has 0 bridgehead atoms. The summed E-state index contributed by atoms with van der Waals surface area (Å²) in [4.78, 5) is 22.2. The fraction of sp³-hybridized carbons (Fsp3) is 0.0909. The number of carbonyl (C=O) groups excluding carboxylic acids is 1. The van der Waals surface area contributed by atoms with Gasteiger partial charge in [0.15, 0.2) is 5.78 Å². The van der Waals surface area contributed by atoms with Crippen LogP contribution in [0.25, 0.3) is 0 Å². The van der Waals surface area contributed by atoms with Crippen molar-refractivity contribution in [1.29, 1.82) is 0 Å². The Morgan fingerprint density at radius 3 is 2.31 bits per heavy atom. The minimum atomic E-state index is -0.605. The standard InChI is InChI=1S/C22H16ClN3O2S/c23-16-6-8-17(9-7-16)25-21-19(20(27)15-10-12-24-13-11-15)18(22(26-28)29-21)14-4-2-1-3-5-14/h1-13,18-19,28H. The number of oxime groups is 1. The second kappa shape index (κ2) is 8.59. The van der Waals surface area contributed by atoms with Crippen LogP contribution in [-0.2, 0) is 0 Å². The maximum Gasteiger partial charge on any atom is 0.173 e. The maximum absolute atomic E-state index is 13.5. The van der Waals surface area contributed by atoms with Crippen molar-refractivity contribution in [2.75, 3.05) is 0 Å². The molecule has 1 aliphatic rings. The zero-order valence-electron chi connectivity index (χ0n) is 15.1. The molecule has 2 heterocycles. The van der Waals surface area contributed by atoms with Crippen LogP contribution in [0.5, 0.6) is 0 Å². The number of aromatic nitrogens is 1. The van der Waals surface area contributed by atoms with Crippen LogP contribution in [0.4, 0.5) is 5.69 Å². The van der Waals surface area contributed by atoms with Gasteiger partial charge in [-0.25, -0.2) is 4.99 Å². The Morgan fingerprint density at radius 2 is 1.66 bits per heavy atom.